The van der Waals surface area contributed by atoms with Gasteiger partial charge in [-0.15, -0.1) is 0 Å². The van der Waals surface area contributed by atoms with Gasteiger partial charge in [-0.3, -0.25) is 15.0 Å². The molecule has 3 saturated heterocycles. The number of carbonyl (C=O) groups is 2. The van der Waals surface area contributed by atoms with E-state index in [1.807, 2.05) is 5.32 Å². The van der Waals surface area contributed by atoms with Gasteiger partial charge in [0.2, 0.25) is 12.1 Å². The lowest BCUT2D eigenvalue weighted by atomic mass is 10.1. The van der Waals surface area contributed by atoms with Crippen LogP contribution < -0.4 is 5.32 Å². The molecule has 2 N–H and O–H groups in total. The van der Waals surface area contributed by atoms with Crippen molar-refractivity contribution in [2.75, 3.05) is 6.61 Å². The second-order valence-corrected chi connectivity index (χ2v) is 4.40. The zero-order valence-electron chi connectivity index (χ0n) is 9.01. The van der Waals surface area contributed by atoms with Gasteiger partial charge < -0.3 is 14.6 Å². The lowest BCUT2D eigenvalue weighted by Crippen LogP contribution is -2.63. The SMILES string of the molecule is O=C1CC2OCC3OC(N2C(=O)N1)C(F)(F)C3O. The normalized spacial score (nSPS) is 42.3. The minimum absolute atomic E-state index is 0.232. The Balaban J connectivity index is 1.97. The summed E-state index contributed by atoms with van der Waals surface area (Å²) < 4.78 is 37.7. The number of fused-ring (bicyclic) bond motifs is 4. The standard InChI is InChI=1S/C9H10F2N2O5/c10-9(11)6(15)3-2-17-5-1-4(14)12-8(16)13(5)7(9)18-3/h3,5-7,15H,1-2H2,(H,12,14,16). The van der Waals surface area contributed by atoms with E-state index >= 15 is 0 Å². The molecule has 18 heavy (non-hydrogen) atoms. The maximum atomic E-state index is 13.8. The molecule has 3 heterocycles. The number of nitrogens with zero attached hydrogens (tertiary/aromatic N) is 1. The lowest BCUT2D eigenvalue weighted by molar-refractivity contribution is -0.190. The van der Waals surface area contributed by atoms with Crippen LogP contribution in [0.1, 0.15) is 6.42 Å². The summed E-state index contributed by atoms with van der Waals surface area (Å²) in [5, 5.41) is 11.3. The number of rotatable bonds is 0. The maximum absolute atomic E-state index is 13.8. The molecule has 3 fully saturated rings. The number of nitrogens with one attached hydrogen (secondary N) is 1. The molecular formula is C9H10F2N2O5. The first-order valence-electron chi connectivity index (χ1n) is 5.36. The zero-order chi connectivity index (χ0) is 13.1. The van der Waals surface area contributed by atoms with Crippen LogP contribution in [0, 0.1) is 0 Å². The maximum Gasteiger partial charge on any atom is 0.328 e. The first kappa shape index (κ1) is 11.8. The minimum atomic E-state index is -3.59. The van der Waals surface area contributed by atoms with Gasteiger partial charge in [-0.2, -0.15) is 8.78 Å². The first-order valence-corrected chi connectivity index (χ1v) is 5.36. The number of ether oxygens (including phenoxy) is 2. The van der Waals surface area contributed by atoms with Gasteiger partial charge in [0, 0.05) is 0 Å². The molecule has 3 aliphatic heterocycles. The third kappa shape index (κ3) is 1.44. The number of amides is 3. The van der Waals surface area contributed by atoms with Gasteiger partial charge in [-0.1, -0.05) is 0 Å². The molecule has 100 valence electrons. The number of alkyl halides is 2. The van der Waals surface area contributed by atoms with Crippen LogP contribution >= 0.6 is 0 Å². The van der Waals surface area contributed by atoms with Crippen LogP contribution in [-0.2, 0) is 14.3 Å². The van der Waals surface area contributed by atoms with Gasteiger partial charge in [0.1, 0.15) is 12.3 Å². The largest absolute Gasteiger partial charge is 0.384 e. The van der Waals surface area contributed by atoms with E-state index in [-0.39, 0.29) is 13.0 Å². The quantitative estimate of drug-likeness (QED) is 0.586. The number of hydrogen-bond acceptors (Lipinski definition) is 5. The fourth-order valence-electron chi connectivity index (χ4n) is 2.33. The van der Waals surface area contributed by atoms with Crippen molar-refractivity contribution < 1.29 is 33.0 Å². The summed E-state index contributed by atoms with van der Waals surface area (Å²) in [6.07, 6.45) is -6.48. The van der Waals surface area contributed by atoms with Crippen molar-refractivity contribution in [1.29, 1.82) is 0 Å². The number of aliphatic hydroxyl groups excluding tert-OH is 1. The van der Waals surface area contributed by atoms with Crippen LogP contribution in [0.4, 0.5) is 13.6 Å². The van der Waals surface area contributed by atoms with E-state index in [0.29, 0.717) is 4.90 Å². The number of hydrogen-bond donors (Lipinski definition) is 2. The Morgan fingerprint density at radius 2 is 2.17 bits per heavy atom. The Hall–Kier alpha value is -1.32. The smallest absolute Gasteiger partial charge is 0.328 e. The van der Waals surface area contributed by atoms with E-state index in [2.05, 4.69) is 0 Å². The fraction of sp³-hybridized carbons (Fsp3) is 0.778. The highest BCUT2D eigenvalue weighted by atomic mass is 19.3. The van der Waals surface area contributed by atoms with Crippen molar-refractivity contribution >= 4 is 11.9 Å². The minimum Gasteiger partial charge on any atom is -0.384 e. The molecule has 0 spiro atoms. The molecule has 0 aromatic heterocycles. The van der Waals surface area contributed by atoms with E-state index in [4.69, 9.17) is 9.47 Å². The highest BCUT2D eigenvalue weighted by Gasteiger charge is 2.64. The highest BCUT2D eigenvalue weighted by Crippen LogP contribution is 2.41. The summed E-state index contributed by atoms with van der Waals surface area (Å²) in [5.74, 6) is -4.19. The predicted molar refractivity (Wildman–Crippen MR) is 49.3 cm³/mol. The van der Waals surface area contributed by atoms with Crippen molar-refractivity contribution in [2.45, 2.75) is 37.0 Å². The summed E-state index contributed by atoms with van der Waals surface area (Å²) >= 11 is 0. The van der Waals surface area contributed by atoms with Crippen LogP contribution in [0.15, 0.2) is 0 Å². The van der Waals surface area contributed by atoms with Crippen molar-refractivity contribution in [3.8, 4) is 0 Å². The van der Waals surface area contributed by atoms with Gasteiger partial charge in [-0.25, -0.2) is 4.79 Å². The van der Waals surface area contributed by atoms with Crippen LogP contribution in [0.2, 0.25) is 0 Å². The van der Waals surface area contributed by atoms with E-state index in [9.17, 15) is 23.5 Å². The third-order valence-electron chi connectivity index (χ3n) is 3.24. The fourth-order valence-corrected chi connectivity index (χ4v) is 2.33. The average molecular weight is 264 g/mol. The monoisotopic (exact) mass is 264 g/mol. The number of carbonyl (C=O) groups excluding carboxylic acids is 2. The van der Waals surface area contributed by atoms with Crippen molar-refractivity contribution in [3.05, 3.63) is 0 Å². The number of halogens is 2. The first-order chi connectivity index (χ1) is 8.41. The number of imide groups is 1. The lowest BCUT2D eigenvalue weighted by Gasteiger charge is -2.39. The van der Waals surface area contributed by atoms with Crippen LogP contribution in [0.3, 0.4) is 0 Å². The van der Waals surface area contributed by atoms with E-state index < -0.39 is 42.5 Å². The Morgan fingerprint density at radius 3 is 2.89 bits per heavy atom. The number of aliphatic hydroxyl groups is 1. The molecule has 2 bridgehead atoms. The van der Waals surface area contributed by atoms with Gasteiger partial charge in [0.05, 0.1) is 13.0 Å². The Labute approximate surface area is 99.6 Å². The summed E-state index contributed by atoms with van der Waals surface area (Å²) in [6, 6.07) is -1.00. The second-order valence-electron chi connectivity index (χ2n) is 4.40. The Bertz CT molecular complexity index is 418. The van der Waals surface area contributed by atoms with E-state index in [1.165, 1.54) is 0 Å². The molecule has 3 amide bonds. The summed E-state index contributed by atoms with van der Waals surface area (Å²) in [6.45, 7) is -0.297. The van der Waals surface area contributed by atoms with Crippen LogP contribution in [0.5, 0.6) is 0 Å². The van der Waals surface area contributed by atoms with Crippen molar-refractivity contribution in [3.63, 3.8) is 0 Å². The molecule has 7 nitrogen and oxygen atoms in total. The van der Waals surface area contributed by atoms with Gasteiger partial charge in [0.15, 0.2) is 6.10 Å². The molecule has 0 saturated carbocycles. The topological polar surface area (TPSA) is 88.1 Å². The highest BCUT2D eigenvalue weighted by molar-refractivity contribution is 5.97. The molecule has 9 heteroatoms. The molecule has 4 unspecified atom stereocenters. The molecule has 0 radical (unpaired) electrons. The summed E-state index contributed by atoms with van der Waals surface area (Å²) in [5.41, 5.74) is 0. The third-order valence-corrected chi connectivity index (χ3v) is 3.24. The van der Waals surface area contributed by atoms with E-state index in [0.717, 1.165) is 0 Å². The Kier molecular flexibility index (Phi) is 2.34. The molecule has 3 rings (SSSR count). The van der Waals surface area contributed by atoms with E-state index in [1.54, 1.807) is 0 Å². The molecule has 0 aromatic carbocycles. The van der Waals surface area contributed by atoms with Crippen LogP contribution in [-0.4, -0.2) is 59.1 Å². The summed E-state index contributed by atoms with van der Waals surface area (Å²) in [4.78, 5) is 23.4. The number of urea groups is 1. The molecule has 4 atom stereocenters. The molecular weight excluding hydrogens is 254 g/mol. The van der Waals surface area contributed by atoms with Gasteiger partial charge in [-0.05, 0) is 0 Å². The Morgan fingerprint density at radius 1 is 1.44 bits per heavy atom. The zero-order valence-corrected chi connectivity index (χ0v) is 9.01. The molecule has 3 aliphatic rings. The summed E-state index contributed by atoms with van der Waals surface area (Å²) in [7, 11) is 0. The second kappa shape index (κ2) is 3.59. The average Bonchev–Trinajstić information content (AvgIpc) is 2.47. The van der Waals surface area contributed by atoms with Gasteiger partial charge >= 0.3 is 12.0 Å². The van der Waals surface area contributed by atoms with Crippen molar-refractivity contribution in [2.24, 2.45) is 0 Å². The van der Waals surface area contributed by atoms with Crippen molar-refractivity contribution in [1.82, 2.24) is 10.2 Å². The molecule has 0 aromatic rings. The van der Waals surface area contributed by atoms with Crippen LogP contribution in [0.25, 0.3) is 0 Å². The van der Waals surface area contributed by atoms with Gasteiger partial charge in [0.25, 0.3) is 0 Å². The molecule has 0 aliphatic carbocycles. The predicted octanol–water partition coefficient (Wildman–Crippen LogP) is -0.994.